The monoisotopic (exact) mass is 256 g/mol. The van der Waals surface area contributed by atoms with E-state index in [4.69, 9.17) is 10.6 Å². The normalized spacial score (nSPS) is 25.3. The summed E-state index contributed by atoms with van der Waals surface area (Å²) in [6, 6.07) is 3.21. The molecule has 0 radical (unpaired) electrons. The molecule has 2 unspecified atom stereocenters. The lowest BCUT2D eigenvalue weighted by Gasteiger charge is -2.33. The maximum absolute atomic E-state index is 13.6. The zero-order valence-corrected chi connectivity index (χ0v) is 10.4. The van der Waals surface area contributed by atoms with Crippen molar-refractivity contribution in [3.63, 3.8) is 0 Å². The van der Waals surface area contributed by atoms with E-state index in [1.165, 1.54) is 6.07 Å². The largest absolute Gasteiger partial charge is 0.374 e. The second-order valence-electron chi connectivity index (χ2n) is 4.92. The zero-order valence-electron chi connectivity index (χ0n) is 10.4. The van der Waals surface area contributed by atoms with Gasteiger partial charge in [-0.25, -0.2) is 8.78 Å². The molecule has 0 saturated carbocycles. The fourth-order valence-corrected chi connectivity index (χ4v) is 2.45. The van der Waals surface area contributed by atoms with Crippen molar-refractivity contribution >= 4 is 0 Å². The first kappa shape index (κ1) is 13.4. The van der Waals surface area contributed by atoms with Crippen LogP contribution in [0, 0.1) is 11.6 Å². The van der Waals surface area contributed by atoms with Crippen LogP contribution in [0.15, 0.2) is 18.2 Å². The number of hydrogen-bond donors (Lipinski definition) is 2. The van der Waals surface area contributed by atoms with E-state index in [9.17, 15) is 8.78 Å². The van der Waals surface area contributed by atoms with E-state index in [1.54, 1.807) is 0 Å². The Morgan fingerprint density at radius 1 is 1.50 bits per heavy atom. The SMILES string of the molecule is CC1(C(Cc2cc(F)ccc2F)NN)CCCO1. The molecule has 0 aliphatic carbocycles. The van der Waals surface area contributed by atoms with Gasteiger partial charge in [-0.1, -0.05) is 0 Å². The number of halogens is 2. The van der Waals surface area contributed by atoms with Crippen molar-refractivity contribution < 1.29 is 13.5 Å². The number of nitrogens with two attached hydrogens (primary N) is 1. The van der Waals surface area contributed by atoms with Gasteiger partial charge in [0.15, 0.2) is 0 Å². The van der Waals surface area contributed by atoms with Crippen LogP contribution in [-0.2, 0) is 11.2 Å². The van der Waals surface area contributed by atoms with E-state index >= 15 is 0 Å². The van der Waals surface area contributed by atoms with E-state index in [0.717, 1.165) is 25.0 Å². The number of hydrogen-bond acceptors (Lipinski definition) is 3. The lowest BCUT2D eigenvalue weighted by Crippen LogP contribution is -2.52. The molecular formula is C13H18F2N2O. The standard InChI is InChI=1S/C13H18F2N2O/c1-13(5-2-6-18-13)12(17-16)8-9-7-10(14)3-4-11(9)15/h3-4,7,12,17H,2,5-6,8,16H2,1H3. The Morgan fingerprint density at radius 2 is 2.28 bits per heavy atom. The second kappa shape index (κ2) is 5.30. The third-order valence-electron chi connectivity index (χ3n) is 3.62. The summed E-state index contributed by atoms with van der Waals surface area (Å²) < 4.78 is 32.4. The van der Waals surface area contributed by atoms with Crippen molar-refractivity contribution in [3.05, 3.63) is 35.4 Å². The van der Waals surface area contributed by atoms with Gasteiger partial charge in [-0.05, 0) is 49.9 Å². The van der Waals surface area contributed by atoms with Crippen molar-refractivity contribution in [2.45, 2.75) is 37.8 Å². The van der Waals surface area contributed by atoms with Crippen LogP contribution in [0.4, 0.5) is 8.78 Å². The van der Waals surface area contributed by atoms with Crippen LogP contribution in [0.5, 0.6) is 0 Å². The van der Waals surface area contributed by atoms with Gasteiger partial charge in [0.2, 0.25) is 0 Å². The number of ether oxygens (including phenoxy) is 1. The maximum atomic E-state index is 13.6. The molecule has 1 aromatic rings. The molecule has 1 aliphatic heterocycles. The van der Waals surface area contributed by atoms with Crippen molar-refractivity contribution in [3.8, 4) is 0 Å². The molecule has 0 bridgehead atoms. The highest BCUT2D eigenvalue weighted by atomic mass is 19.1. The molecule has 1 aromatic carbocycles. The van der Waals surface area contributed by atoms with Gasteiger partial charge in [0.05, 0.1) is 11.6 Å². The third kappa shape index (κ3) is 2.68. The zero-order chi connectivity index (χ0) is 13.2. The Labute approximate surface area is 105 Å². The summed E-state index contributed by atoms with van der Waals surface area (Å²) in [5, 5.41) is 0. The van der Waals surface area contributed by atoms with E-state index in [-0.39, 0.29) is 6.04 Å². The summed E-state index contributed by atoms with van der Waals surface area (Å²) in [6.07, 6.45) is 2.12. The topological polar surface area (TPSA) is 47.3 Å². The van der Waals surface area contributed by atoms with Gasteiger partial charge in [-0.2, -0.15) is 0 Å². The van der Waals surface area contributed by atoms with E-state index in [1.807, 2.05) is 6.92 Å². The molecule has 3 nitrogen and oxygen atoms in total. The highest BCUT2D eigenvalue weighted by Gasteiger charge is 2.38. The van der Waals surface area contributed by atoms with Gasteiger partial charge in [0, 0.05) is 6.61 Å². The number of hydrazine groups is 1. The molecule has 0 spiro atoms. The fraction of sp³-hybridized carbons (Fsp3) is 0.538. The van der Waals surface area contributed by atoms with Crippen molar-refractivity contribution in [2.24, 2.45) is 5.84 Å². The minimum atomic E-state index is -0.445. The first-order valence-corrected chi connectivity index (χ1v) is 6.09. The number of benzene rings is 1. The first-order valence-electron chi connectivity index (χ1n) is 6.09. The summed E-state index contributed by atoms with van der Waals surface area (Å²) in [5.74, 6) is 4.66. The molecule has 0 aromatic heterocycles. The summed E-state index contributed by atoms with van der Waals surface area (Å²) in [5.41, 5.74) is 2.56. The number of rotatable bonds is 4. The highest BCUT2D eigenvalue weighted by molar-refractivity contribution is 5.20. The Bertz CT molecular complexity index is 419. The molecule has 2 atom stereocenters. The summed E-state index contributed by atoms with van der Waals surface area (Å²) >= 11 is 0. The van der Waals surface area contributed by atoms with Gasteiger partial charge in [-0.15, -0.1) is 0 Å². The Morgan fingerprint density at radius 3 is 2.89 bits per heavy atom. The average molecular weight is 256 g/mol. The summed E-state index contributed by atoms with van der Waals surface area (Å²) in [4.78, 5) is 0. The maximum Gasteiger partial charge on any atom is 0.126 e. The third-order valence-corrected chi connectivity index (χ3v) is 3.62. The molecule has 2 rings (SSSR count). The summed E-state index contributed by atoms with van der Waals surface area (Å²) in [7, 11) is 0. The van der Waals surface area contributed by atoms with E-state index in [2.05, 4.69) is 5.43 Å². The van der Waals surface area contributed by atoms with Crippen LogP contribution in [0.2, 0.25) is 0 Å². The molecule has 100 valence electrons. The average Bonchev–Trinajstić information content (AvgIpc) is 2.78. The smallest absolute Gasteiger partial charge is 0.126 e. The van der Waals surface area contributed by atoms with Gasteiger partial charge < -0.3 is 4.74 Å². The van der Waals surface area contributed by atoms with Crippen LogP contribution in [0.25, 0.3) is 0 Å². The molecule has 3 N–H and O–H groups in total. The van der Waals surface area contributed by atoms with Gasteiger partial charge in [-0.3, -0.25) is 11.3 Å². The highest BCUT2D eigenvalue weighted by Crippen LogP contribution is 2.30. The molecule has 18 heavy (non-hydrogen) atoms. The van der Waals surface area contributed by atoms with Crippen LogP contribution < -0.4 is 11.3 Å². The molecular weight excluding hydrogens is 238 g/mol. The molecule has 1 aliphatic rings. The summed E-state index contributed by atoms with van der Waals surface area (Å²) in [6.45, 7) is 2.63. The minimum Gasteiger partial charge on any atom is -0.374 e. The lowest BCUT2D eigenvalue weighted by atomic mass is 9.88. The molecule has 0 amide bonds. The van der Waals surface area contributed by atoms with Crippen LogP contribution in [0.3, 0.4) is 0 Å². The Kier molecular flexibility index (Phi) is 3.94. The van der Waals surface area contributed by atoms with E-state index < -0.39 is 17.2 Å². The second-order valence-corrected chi connectivity index (χ2v) is 4.92. The number of nitrogens with one attached hydrogen (secondary N) is 1. The van der Waals surface area contributed by atoms with Crippen LogP contribution in [0.1, 0.15) is 25.3 Å². The predicted octanol–water partition coefficient (Wildman–Crippen LogP) is 1.91. The molecule has 1 saturated heterocycles. The molecule has 5 heteroatoms. The Hall–Kier alpha value is -1.04. The molecule has 1 fully saturated rings. The minimum absolute atomic E-state index is 0.240. The first-order chi connectivity index (χ1) is 8.55. The molecule has 1 heterocycles. The van der Waals surface area contributed by atoms with Crippen molar-refractivity contribution in [1.29, 1.82) is 0 Å². The quantitative estimate of drug-likeness (QED) is 0.639. The van der Waals surface area contributed by atoms with Gasteiger partial charge in [0.1, 0.15) is 11.6 Å². The van der Waals surface area contributed by atoms with Crippen LogP contribution >= 0.6 is 0 Å². The van der Waals surface area contributed by atoms with Crippen LogP contribution in [-0.4, -0.2) is 18.2 Å². The van der Waals surface area contributed by atoms with Crippen molar-refractivity contribution in [2.75, 3.05) is 6.61 Å². The lowest BCUT2D eigenvalue weighted by molar-refractivity contribution is -0.0117. The van der Waals surface area contributed by atoms with E-state index in [0.29, 0.717) is 18.6 Å². The predicted molar refractivity (Wildman–Crippen MR) is 64.8 cm³/mol. The fourth-order valence-electron chi connectivity index (χ4n) is 2.45. The van der Waals surface area contributed by atoms with Gasteiger partial charge in [0.25, 0.3) is 0 Å². The van der Waals surface area contributed by atoms with Crippen molar-refractivity contribution in [1.82, 2.24) is 5.43 Å². The Balaban J connectivity index is 2.17. The van der Waals surface area contributed by atoms with Gasteiger partial charge >= 0.3 is 0 Å².